The lowest BCUT2D eigenvalue weighted by molar-refractivity contribution is -0.137. The van der Waals surface area contributed by atoms with E-state index < -0.39 is 36.1 Å². The van der Waals surface area contributed by atoms with E-state index in [2.05, 4.69) is 59.8 Å². The number of allylic oxidation sites excluding steroid dienone is 8. The van der Waals surface area contributed by atoms with Gasteiger partial charge in [-0.05, 0) is 234 Å². The minimum absolute atomic E-state index is 0.0138. The van der Waals surface area contributed by atoms with Crippen LogP contribution in [0.25, 0.3) is 88.7 Å². The van der Waals surface area contributed by atoms with Gasteiger partial charge in [-0.1, -0.05) is 13.8 Å². The zero-order valence-electron chi connectivity index (χ0n) is 50.9. The van der Waals surface area contributed by atoms with Gasteiger partial charge in [0.05, 0.1) is 57.8 Å². The molecule has 10 rings (SSSR count). The van der Waals surface area contributed by atoms with Crippen molar-refractivity contribution in [3.8, 4) is 0 Å². The minimum Gasteiger partial charge on any atom is -0.481 e. The predicted octanol–water partition coefficient (Wildman–Crippen LogP) is 14.3. The lowest BCUT2D eigenvalue weighted by atomic mass is 9.98. The van der Waals surface area contributed by atoms with Crippen molar-refractivity contribution in [2.45, 2.75) is 160 Å². The first kappa shape index (κ1) is 61.6. The Hall–Kier alpha value is -9.00. The van der Waals surface area contributed by atoms with E-state index in [4.69, 9.17) is 19.9 Å². The average Bonchev–Trinajstić information content (AvgIpc) is 2.44. The van der Waals surface area contributed by atoms with Crippen molar-refractivity contribution in [2.75, 3.05) is 0 Å². The molecule has 0 amide bonds. The molecule has 18 heteroatoms. The molecule has 0 saturated carbocycles. The van der Waals surface area contributed by atoms with Gasteiger partial charge in [-0.3, -0.25) is 19.2 Å². The van der Waals surface area contributed by atoms with Gasteiger partial charge in [0.15, 0.2) is 0 Å². The van der Waals surface area contributed by atoms with E-state index in [0.29, 0.717) is 63.6 Å². The number of rotatable bonds is 16. The van der Waals surface area contributed by atoms with Crippen molar-refractivity contribution in [3.63, 3.8) is 0 Å². The number of aliphatic carboxylic acids is 4. The summed E-state index contributed by atoms with van der Waals surface area (Å²) >= 11 is 0. The van der Waals surface area contributed by atoms with E-state index in [9.17, 15) is 49.8 Å². The molecule has 4 aliphatic rings. The fourth-order valence-electron chi connectivity index (χ4n) is 12.5. The fraction of sp³-hybridized carbons (Fsp3) is 0.353. The summed E-state index contributed by atoms with van der Waals surface area (Å²) in [6, 6.07) is 15.7. The zero-order chi connectivity index (χ0) is 62.3. The van der Waals surface area contributed by atoms with E-state index in [0.717, 1.165) is 124 Å². The Morgan fingerprint density at radius 2 is 0.605 bits per heavy atom. The van der Waals surface area contributed by atoms with Crippen LogP contribution in [0.3, 0.4) is 0 Å². The quantitative estimate of drug-likeness (QED) is 0.0431. The van der Waals surface area contributed by atoms with Gasteiger partial charge in [-0.2, -0.15) is 0 Å². The van der Waals surface area contributed by atoms with Gasteiger partial charge in [0.25, 0.3) is 0 Å². The summed E-state index contributed by atoms with van der Waals surface area (Å²) in [5.41, 5.74) is 27.1. The van der Waals surface area contributed by atoms with Crippen LogP contribution in [0, 0.1) is 27.7 Å². The predicted molar refractivity (Wildman–Crippen MR) is 338 cm³/mol. The van der Waals surface area contributed by atoms with Crippen molar-refractivity contribution in [1.29, 1.82) is 0 Å². The molecule has 2 unspecified atom stereocenters. The van der Waals surface area contributed by atoms with Crippen LogP contribution in [0.5, 0.6) is 0 Å². The maximum absolute atomic E-state index is 11.6. The van der Waals surface area contributed by atoms with Gasteiger partial charge < -0.3 is 50.6 Å². The van der Waals surface area contributed by atoms with E-state index in [1.165, 1.54) is 16.7 Å². The van der Waals surface area contributed by atoms with Gasteiger partial charge in [0.1, 0.15) is 0 Å². The molecule has 2 atom stereocenters. The smallest absolute Gasteiger partial charge is 0.303 e. The van der Waals surface area contributed by atoms with Crippen LogP contribution in [0.2, 0.25) is 0 Å². The second-order valence-corrected chi connectivity index (χ2v) is 22.8. The fourth-order valence-corrected chi connectivity index (χ4v) is 12.5. The van der Waals surface area contributed by atoms with Crippen molar-refractivity contribution >= 4 is 113 Å². The Morgan fingerprint density at radius 1 is 0.360 bits per heavy atom. The lowest BCUT2D eigenvalue weighted by Gasteiger charge is -2.05. The third-order valence-corrected chi connectivity index (χ3v) is 17.3. The molecule has 4 aliphatic heterocycles. The first-order valence-electron chi connectivity index (χ1n) is 29.3. The number of aliphatic hydroxyl groups excluding tert-OH is 2. The molecule has 16 bridgehead atoms. The molecule has 0 radical (unpaired) electrons. The first-order valence-corrected chi connectivity index (χ1v) is 29.3. The Morgan fingerprint density at radius 3 is 0.919 bits per heavy atom. The maximum Gasteiger partial charge on any atom is 0.303 e. The van der Waals surface area contributed by atoms with E-state index >= 15 is 0 Å². The van der Waals surface area contributed by atoms with Crippen LogP contribution < -0.4 is 0 Å². The topological polar surface area (TPSA) is 304 Å². The summed E-state index contributed by atoms with van der Waals surface area (Å²) in [7, 11) is 0. The van der Waals surface area contributed by atoms with Crippen molar-refractivity contribution in [1.82, 2.24) is 39.9 Å². The summed E-state index contributed by atoms with van der Waals surface area (Å²) in [5.74, 6) is -3.58. The molecule has 86 heavy (non-hydrogen) atoms. The number of carboxylic acids is 4. The number of H-pyrrole nitrogens is 4. The van der Waals surface area contributed by atoms with E-state index in [1.54, 1.807) is 13.8 Å². The standard InChI is InChI=1S/C34H38N4O6.C34H38N4O4/c1-15-21(7-9-31(41)42)27-14-28-22(8-10-32(43)44)16(2)24(36-28)12-29-34(20(6)40)18(4)26(38-29)13-30-33(19(5)39)17(3)25(37-30)11-23(15)35-27;1-7-21-17(3)25-13-26-19(5)23(9-11-33(39)40)31(37-26)16-32-24(10-12-34(41)42)20(6)28(38-32)15-30-22(8-2)18(4)27(36-30)14-29(21)35-25/h11-14,19-20,37-40H,7-10H2,1-6H3,(H,41,42)(H,43,44);13-16,35-36H,7-12H2,1-6H3,(H,39,40)(H,41,42). The van der Waals surface area contributed by atoms with E-state index in [-0.39, 0.29) is 38.5 Å². The molecular weight excluding hydrogens is 1090 g/mol. The number of nitrogens with one attached hydrogen (secondary N) is 4. The van der Waals surface area contributed by atoms with Crippen LogP contribution >= 0.6 is 0 Å². The van der Waals surface area contributed by atoms with Crippen LogP contribution in [-0.4, -0.2) is 94.4 Å². The molecule has 18 nitrogen and oxygen atoms in total. The number of aromatic nitrogens is 8. The molecule has 10 N–H and O–H groups in total. The molecule has 448 valence electrons. The SMILES string of the molecule is CC1=C(CCC(=O)O)c2cc3nc(cc4[nH]c(cc5[nH]c(cc1n2)c(C)c5C(C)O)c(C)c4C(C)O)C(C)=C3CCC(=O)O.CCc1c(C)c2cc3[nH]c(cc4nc(cc5nc(cc1[nH]2)C(C)=C5CCC(=O)O)C(CCC(=O)O)=C4C)c(C)c3CC. The number of hydrogen-bond acceptors (Lipinski definition) is 10. The highest BCUT2D eigenvalue weighted by Crippen LogP contribution is 2.41. The van der Waals surface area contributed by atoms with Gasteiger partial charge in [-0.25, -0.2) is 19.9 Å². The highest BCUT2D eigenvalue weighted by Gasteiger charge is 2.26. The molecule has 0 aliphatic carbocycles. The lowest BCUT2D eigenvalue weighted by Crippen LogP contribution is -1.97. The first-order chi connectivity index (χ1) is 40.8. The van der Waals surface area contributed by atoms with Crippen LogP contribution in [0.4, 0.5) is 0 Å². The normalized spacial score (nSPS) is 14.0. The molecule has 0 saturated heterocycles. The molecule has 10 heterocycles. The number of aliphatic hydroxyl groups is 2. The van der Waals surface area contributed by atoms with E-state index in [1.807, 2.05) is 77.9 Å². The third-order valence-electron chi connectivity index (χ3n) is 17.3. The molecule has 0 aromatic carbocycles. The minimum atomic E-state index is -0.921. The van der Waals surface area contributed by atoms with Gasteiger partial charge >= 0.3 is 23.9 Å². The summed E-state index contributed by atoms with van der Waals surface area (Å²) in [4.78, 5) is 80.2. The Bertz CT molecular complexity index is 4320. The average molecular weight is 1170 g/mol. The van der Waals surface area contributed by atoms with Crippen LogP contribution in [0.1, 0.15) is 209 Å². The monoisotopic (exact) mass is 1160 g/mol. The number of hydrogen-bond donors (Lipinski definition) is 10. The Balaban J connectivity index is 0.000000206. The molecule has 0 spiro atoms. The highest BCUT2D eigenvalue weighted by molar-refractivity contribution is 5.99. The third kappa shape index (κ3) is 12.3. The molecule has 6 aromatic rings. The second-order valence-electron chi connectivity index (χ2n) is 22.8. The number of aromatic amines is 4. The van der Waals surface area contributed by atoms with Crippen molar-refractivity contribution in [2.24, 2.45) is 0 Å². The summed E-state index contributed by atoms with van der Waals surface area (Å²) in [5, 5.41) is 59.4. The van der Waals surface area contributed by atoms with Crippen molar-refractivity contribution < 1.29 is 49.8 Å². The molecule has 0 fully saturated rings. The largest absolute Gasteiger partial charge is 0.481 e. The molecule has 6 aromatic heterocycles. The number of fused-ring (bicyclic) bond motifs is 16. The summed E-state index contributed by atoms with van der Waals surface area (Å²) < 4.78 is 0. The van der Waals surface area contributed by atoms with Gasteiger partial charge in [-0.15, -0.1) is 0 Å². The number of nitrogens with zero attached hydrogens (tertiary/aromatic N) is 4. The number of carbonyl (C=O) groups is 4. The second kappa shape index (κ2) is 24.9. The number of aryl methyl sites for hydroxylation is 6. The molecular formula is C68H76N8O10. The zero-order valence-corrected chi connectivity index (χ0v) is 50.9. The summed E-state index contributed by atoms with van der Waals surface area (Å²) in [6.45, 7) is 23.6. The van der Waals surface area contributed by atoms with Gasteiger partial charge in [0.2, 0.25) is 0 Å². The maximum atomic E-state index is 11.6. The summed E-state index contributed by atoms with van der Waals surface area (Å²) in [6.07, 6.45) is 1.19. The van der Waals surface area contributed by atoms with Crippen LogP contribution in [-0.2, 0) is 32.0 Å². The van der Waals surface area contributed by atoms with Crippen molar-refractivity contribution in [3.05, 3.63) is 139 Å². The Labute approximate surface area is 498 Å². The Kier molecular flexibility index (Phi) is 17.8. The highest BCUT2D eigenvalue weighted by atomic mass is 16.4. The van der Waals surface area contributed by atoms with Gasteiger partial charge in [0, 0.05) is 80.9 Å². The number of carboxylic acid groups (broad SMARTS) is 4. The van der Waals surface area contributed by atoms with Crippen LogP contribution in [0.15, 0.2) is 48.5 Å².